The van der Waals surface area contributed by atoms with Crippen LogP contribution < -0.4 is 16.4 Å². The Morgan fingerprint density at radius 1 is 1.22 bits per heavy atom. The summed E-state index contributed by atoms with van der Waals surface area (Å²) in [5.74, 6) is -1.74. The smallest absolute Gasteiger partial charge is 0.351 e. The lowest BCUT2D eigenvalue weighted by atomic mass is 9.80. The van der Waals surface area contributed by atoms with E-state index in [9.17, 15) is 27.6 Å². The number of nitrogens with one attached hydrogen (secondary N) is 2. The van der Waals surface area contributed by atoms with Crippen LogP contribution in [0.5, 0.6) is 0 Å². The summed E-state index contributed by atoms with van der Waals surface area (Å²) in [4.78, 5) is 35.8. The molecule has 2 rings (SSSR count). The van der Waals surface area contributed by atoms with Gasteiger partial charge in [0, 0.05) is 23.6 Å². The van der Waals surface area contributed by atoms with Gasteiger partial charge in [0.25, 0.3) is 5.91 Å². The molecule has 0 radical (unpaired) electrons. The van der Waals surface area contributed by atoms with Crippen LogP contribution in [-0.2, 0) is 15.8 Å². The molecule has 2 amide bonds. The first-order valence-corrected chi connectivity index (χ1v) is 8.58. The van der Waals surface area contributed by atoms with Crippen molar-refractivity contribution in [3.63, 3.8) is 0 Å². The van der Waals surface area contributed by atoms with Crippen molar-refractivity contribution in [1.29, 1.82) is 0 Å². The molecule has 1 saturated carbocycles. The first kappa shape index (κ1) is 20.9. The third kappa shape index (κ3) is 5.78. The lowest BCUT2D eigenvalue weighted by Gasteiger charge is -2.33. The molecule has 1 aliphatic rings. The van der Waals surface area contributed by atoms with Gasteiger partial charge in [0.1, 0.15) is 5.78 Å². The molecular formula is C18H22F3N3O3. The number of Topliss-reactive ketones (excluding diaryl/α,β-unsaturated/α-hetero) is 1. The van der Waals surface area contributed by atoms with Gasteiger partial charge in [0.15, 0.2) is 0 Å². The summed E-state index contributed by atoms with van der Waals surface area (Å²) < 4.78 is 38.1. The number of rotatable bonds is 5. The Morgan fingerprint density at radius 2 is 1.93 bits per heavy atom. The molecule has 148 valence electrons. The fourth-order valence-corrected chi connectivity index (χ4v) is 3.18. The normalized spacial score (nSPS) is 22.8. The summed E-state index contributed by atoms with van der Waals surface area (Å²) in [5, 5.41) is 5.00. The predicted molar refractivity (Wildman–Crippen MR) is 91.7 cm³/mol. The van der Waals surface area contributed by atoms with Crippen molar-refractivity contribution < 1.29 is 27.6 Å². The van der Waals surface area contributed by atoms with Crippen LogP contribution in [-0.4, -0.2) is 36.2 Å². The van der Waals surface area contributed by atoms with Crippen molar-refractivity contribution in [1.82, 2.24) is 10.6 Å². The zero-order chi connectivity index (χ0) is 20.2. The number of carbonyl (C=O) groups excluding carboxylic acids is 3. The summed E-state index contributed by atoms with van der Waals surface area (Å²) in [5.41, 5.74) is 4.73. The third-order valence-corrected chi connectivity index (χ3v) is 4.62. The highest BCUT2D eigenvalue weighted by molar-refractivity contribution is 5.96. The lowest BCUT2D eigenvalue weighted by Crippen LogP contribution is -2.50. The van der Waals surface area contributed by atoms with E-state index in [1.807, 2.05) is 0 Å². The Bertz CT molecular complexity index is 721. The van der Waals surface area contributed by atoms with Crippen LogP contribution in [0, 0.1) is 5.92 Å². The third-order valence-electron chi connectivity index (χ3n) is 4.62. The number of hydrogen-bond acceptors (Lipinski definition) is 4. The topological polar surface area (TPSA) is 101 Å². The number of halogens is 3. The Kier molecular flexibility index (Phi) is 6.59. The molecule has 1 aromatic carbocycles. The van der Waals surface area contributed by atoms with Crippen LogP contribution >= 0.6 is 0 Å². The van der Waals surface area contributed by atoms with Crippen molar-refractivity contribution in [2.75, 3.05) is 6.54 Å². The summed E-state index contributed by atoms with van der Waals surface area (Å²) in [7, 11) is 0. The number of amides is 2. The lowest BCUT2D eigenvalue weighted by molar-refractivity contribution is -0.137. The molecule has 0 heterocycles. The minimum absolute atomic E-state index is 0.0662. The van der Waals surface area contributed by atoms with Gasteiger partial charge in [-0.3, -0.25) is 14.4 Å². The van der Waals surface area contributed by atoms with Gasteiger partial charge in [-0.2, -0.15) is 13.2 Å². The van der Waals surface area contributed by atoms with E-state index in [0.717, 1.165) is 18.2 Å². The van der Waals surface area contributed by atoms with Gasteiger partial charge >= 0.3 is 6.18 Å². The second kappa shape index (κ2) is 8.51. The maximum atomic E-state index is 12.7. The second-order valence-electron chi connectivity index (χ2n) is 6.73. The molecule has 3 atom stereocenters. The highest BCUT2D eigenvalue weighted by Gasteiger charge is 2.33. The first-order valence-electron chi connectivity index (χ1n) is 8.58. The quantitative estimate of drug-likeness (QED) is 0.717. The molecule has 0 spiro atoms. The fourth-order valence-electron chi connectivity index (χ4n) is 3.18. The molecule has 0 aliphatic heterocycles. The Balaban J connectivity index is 1.91. The summed E-state index contributed by atoms with van der Waals surface area (Å²) >= 11 is 0. The Hall–Kier alpha value is -2.42. The zero-order valence-corrected chi connectivity index (χ0v) is 14.8. The average molecular weight is 385 g/mol. The van der Waals surface area contributed by atoms with Crippen LogP contribution in [0.2, 0.25) is 0 Å². The first-order chi connectivity index (χ1) is 12.6. The Labute approximate surface area is 154 Å². The van der Waals surface area contributed by atoms with Crippen molar-refractivity contribution in [2.45, 2.75) is 44.4 Å². The molecule has 6 nitrogen and oxygen atoms in total. The number of nitrogens with two attached hydrogens (primary N) is 1. The van der Waals surface area contributed by atoms with Gasteiger partial charge in [-0.1, -0.05) is 6.07 Å². The van der Waals surface area contributed by atoms with Gasteiger partial charge in [-0.05, 0) is 44.4 Å². The van der Waals surface area contributed by atoms with Crippen LogP contribution in [0.1, 0.15) is 42.1 Å². The summed E-state index contributed by atoms with van der Waals surface area (Å²) in [6, 6.07) is 3.49. The molecule has 0 aromatic heterocycles. The maximum absolute atomic E-state index is 12.7. The van der Waals surface area contributed by atoms with E-state index in [-0.39, 0.29) is 29.3 Å². The number of carbonyl (C=O) groups is 3. The van der Waals surface area contributed by atoms with E-state index in [1.54, 1.807) is 0 Å². The van der Waals surface area contributed by atoms with Crippen molar-refractivity contribution in [3.8, 4) is 0 Å². The van der Waals surface area contributed by atoms with Gasteiger partial charge in [-0.25, -0.2) is 0 Å². The number of benzene rings is 1. The van der Waals surface area contributed by atoms with E-state index in [1.165, 1.54) is 13.0 Å². The minimum atomic E-state index is -4.56. The SMILES string of the molecule is CC(=O)[C@@H]1C[C@H](N)CC[C@@H]1NC(=O)CNC(=O)c1cccc(C(F)(F)F)c1. The Morgan fingerprint density at radius 3 is 2.56 bits per heavy atom. The van der Waals surface area contributed by atoms with Gasteiger partial charge in [0.2, 0.25) is 5.91 Å². The minimum Gasteiger partial charge on any atom is -0.351 e. The van der Waals surface area contributed by atoms with Crippen LogP contribution in [0.15, 0.2) is 24.3 Å². The largest absolute Gasteiger partial charge is 0.416 e. The maximum Gasteiger partial charge on any atom is 0.416 e. The van der Waals surface area contributed by atoms with E-state index in [4.69, 9.17) is 5.73 Å². The van der Waals surface area contributed by atoms with Crippen LogP contribution in [0.4, 0.5) is 13.2 Å². The predicted octanol–water partition coefficient (Wildman–Crippen LogP) is 1.64. The van der Waals surface area contributed by atoms with Crippen molar-refractivity contribution in [3.05, 3.63) is 35.4 Å². The van der Waals surface area contributed by atoms with E-state index < -0.39 is 30.1 Å². The number of ketones is 1. The molecular weight excluding hydrogens is 363 g/mol. The average Bonchev–Trinajstić information content (AvgIpc) is 2.60. The van der Waals surface area contributed by atoms with Crippen LogP contribution in [0.25, 0.3) is 0 Å². The van der Waals surface area contributed by atoms with Gasteiger partial charge < -0.3 is 16.4 Å². The molecule has 0 bridgehead atoms. The molecule has 0 saturated heterocycles. The zero-order valence-electron chi connectivity index (χ0n) is 14.8. The molecule has 0 unspecified atom stereocenters. The van der Waals surface area contributed by atoms with Crippen molar-refractivity contribution in [2.24, 2.45) is 11.7 Å². The summed E-state index contributed by atoms with van der Waals surface area (Å²) in [6.45, 7) is 1.04. The van der Waals surface area contributed by atoms with E-state index in [0.29, 0.717) is 19.3 Å². The standard InChI is InChI=1S/C18H22F3N3O3/c1-10(25)14-8-13(22)5-6-15(14)24-16(26)9-23-17(27)11-3-2-4-12(7-11)18(19,20)21/h2-4,7,13-15H,5-6,8-9,22H2,1H3,(H,23,27)(H,24,26)/t13-,14+,15+/m1/s1. The number of alkyl halides is 3. The second-order valence-corrected chi connectivity index (χ2v) is 6.73. The molecule has 4 N–H and O–H groups in total. The van der Waals surface area contributed by atoms with Gasteiger partial charge in [-0.15, -0.1) is 0 Å². The molecule has 1 aliphatic carbocycles. The highest BCUT2D eigenvalue weighted by atomic mass is 19.4. The van der Waals surface area contributed by atoms with Gasteiger partial charge in [0.05, 0.1) is 12.1 Å². The summed E-state index contributed by atoms with van der Waals surface area (Å²) in [6.07, 6.45) is -2.85. The molecule has 27 heavy (non-hydrogen) atoms. The van der Waals surface area contributed by atoms with E-state index in [2.05, 4.69) is 10.6 Å². The monoisotopic (exact) mass is 385 g/mol. The molecule has 1 aromatic rings. The van der Waals surface area contributed by atoms with Crippen molar-refractivity contribution >= 4 is 17.6 Å². The molecule has 1 fully saturated rings. The molecule has 9 heteroatoms. The highest BCUT2D eigenvalue weighted by Crippen LogP contribution is 2.29. The van der Waals surface area contributed by atoms with E-state index >= 15 is 0 Å². The number of hydrogen-bond donors (Lipinski definition) is 3. The fraction of sp³-hybridized carbons (Fsp3) is 0.500. The van der Waals surface area contributed by atoms with Crippen LogP contribution in [0.3, 0.4) is 0 Å².